The number of ether oxygens (including phenoxy) is 1. The first-order valence-electron chi connectivity index (χ1n) is 10.2. The first kappa shape index (κ1) is 21.7. The van der Waals surface area contributed by atoms with Crippen LogP contribution in [0.1, 0.15) is 15.9 Å². The summed E-state index contributed by atoms with van der Waals surface area (Å²) in [6.45, 7) is 1.79. The molecule has 0 atom stereocenters. The number of nitrogens with zero attached hydrogens (tertiary/aromatic N) is 4. The first-order chi connectivity index (χ1) is 16.0. The number of aryl methyl sites for hydroxylation is 1. The van der Waals surface area contributed by atoms with E-state index in [0.717, 1.165) is 5.56 Å². The summed E-state index contributed by atoms with van der Waals surface area (Å²) < 4.78 is 5.24. The molecule has 4 aromatic rings. The van der Waals surface area contributed by atoms with E-state index in [-0.39, 0.29) is 18.4 Å². The monoisotopic (exact) mass is 442 g/mol. The first-order valence-corrected chi connectivity index (χ1v) is 10.2. The van der Waals surface area contributed by atoms with Crippen LogP contribution in [0.4, 0.5) is 11.4 Å². The maximum absolute atomic E-state index is 12.7. The van der Waals surface area contributed by atoms with Crippen LogP contribution in [0.3, 0.4) is 0 Å². The molecule has 2 N–H and O–H groups in total. The Balaban J connectivity index is 1.48. The van der Waals surface area contributed by atoms with E-state index in [2.05, 4.69) is 26.0 Å². The topological polar surface area (TPSA) is 111 Å². The van der Waals surface area contributed by atoms with Crippen LogP contribution in [0, 0.1) is 6.92 Å². The van der Waals surface area contributed by atoms with Crippen LogP contribution in [0.25, 0.3) is 11.4 Å². The molecule has 9 heteroatoms. The summed E-state index contributed by atoms with van der Waals surface area (Å²) in [4.78, 5) is 26.3. The summed E-state index contributed by atoms with van der Waals surface area (Å²) in [6.07, 6.45) is 0. The molecule has 0 aliphatic carbocycles. The van der Waals surface area contributed by atoms with Crippen LogP contribution in [0.2, 0.25) is 0 Å². The molecule has 0 aliphatic rings. The van der Waals surface area contributed by atoms with Gasteiger partial charge >= 0.3 is 0 Å². The summed E-state index contributed by atoms with van der Waals surface area (Å²) in [7, 11) is 1.53. The summed E-state index contributed by atoms with van der Waals surface area (Å²) >= 11 is 0. The van der Waals surface area contributed by atoms with Crippen molar-refractivity contribution in [3.05, 3.63) is 83.9 Å². The van der Waals surface area contributed by atoms with Gasteiger partial charge in [0.25, 0.3) is 5.91 Å². The molecule has 3 aromatic carbocycles. The van der Waals surface area contributed by atoms with Crippen LogP contribution in [-0.4, -0.2) is 39.1 Å². The van der Waals surface area contributed by atoms with Crippen LogP contribution in [0.15, 0.2) is 72.8 Å². The molecule has 0 saturated heterocycles. The van der Waals surface area contributed by atoms with Gasteiger partial charge < -0.3 is 15.4 Å². The SMILES string of the molecule is COc1ccccc1NC(=O)Cn1nnc(-c2ccccc2NC(=O)c2cccc(C)c2)n1. The largest absolute Gasteiger partial charge is 0.495 e. The minimum Gasteiger partial charge on any atom is -0.495 e. The Morgan fingerprint density at radius 1 is 0.939 bits per heavy atom. The molecule has 0 saturated carbocycles. The predicted molar refractivity (Wildman–Crippen MR) is 124 cm³/mol. The molecule has 0 radical (unpaired) electrons. The molecule has 0 fully saturated rings. The predicted octanol–water partition coefficient (Wildman–Crippen LogP) is 3.55. The van der Waals surface area contributed by atoms with Gasteiger partial charge in [-0.2, -0.15) is 4.80 Å². The van der Waals surface area contributed by atoms with Gasteiger partial charge in [-0.3, -0.25) is 9.59 Å². The van der Waals surface area contributed by atoms with Gasteiger partial charge in [0, 0.05) is 11.1 Å². The Kier molecular flexibility index (Phi) is 6.40. The molecule has 9 nitrogen and oxygen atoms in total. The van der Waals surface area contributed by atoms with Crippen molar-refractivity contribution in [2.24, 2.45) is 0 Å². The van der Waals surface area contributed by atoms with E-state index in [1.165, 1.54) is 11.9 Å². The third-order valence-electron chi connectivity index (χ3n) is 4.82. The lowest BCUT2D eigenvalue weighted by Gasteiger charge is -2.09. The molecule has 33 heavy (non-hydrogen) atoms. The van der Waals surface area contributed by atoms with E-state index < -0.39 is 0 Å². The number of tetrazole rings is 1. The fraction of sp³-hybridized carbons (Fsp3) is 0.125. The average molecular weight is 442 g/mol. The van der Waals surface area contributed by atoms with E-state index >= 15 is 0 Å². The smallest absolute Gasteiger partial charge is 0.255 e. The highest BCUT2D eigenvalue weighted by Gasteiger charge is 2.15. The maximum atomic E-state index is 12.7. The number of aromatic nitrogens is 4. The van der Waals surface area contributed by atoms with Crippen molar-refractivity contribution >= 4 is 23.2 Å². The second-order valence-corrected chi connectivity index (χ2v) is 7.26. The molecule has 0 aliphatic heterocycles. The third kappa shape index (κ3) is 5.21. The number of para-hydroxylation sites is 3. The molecule has 0 unspecified atom stereocenters. The van der Waals surface area contributed by atoms with Crippen molar-refractivity contribution in [2.45, 2.75) is 13.5 Å². The molecule has 0 spiro atoms. The quantitative estimate of drug-likeness (QED) is 0.453. The molecule has 4 rings (SSSR count). The van der Waals surface area contributed by atoms with Crippen molar-refractivity contribution in [1.82, 2.24) is 20.2 Å². The Bertz CT molecular complexity index is 1300. The van der Waals surface area contributed by atoms with Crippen molar-refractivity contribution in [2.75, 3.05) is 17.7 Å². The Hall–Kier alpha value is -4.53. The number of rotatable bonds is 7. The van der Waals surface area contributed by atoms with Crippen molar-refractivity contribution in [1.29, 1.82) is 0 Å². The van der Waals surface area contributed by atoms with Gasteiger partial charge in [0.05, 0.1) is 18.5 Å². The fourth-order valence-corrected chi connectivity index (χ4v) is 3.25. The van der Waals surface area contributed by atoms with Gasteiger partial charge in [0.2, 0.25) is 11.7 Å². The van der Waals surface area contributed by atoms with E-state index in [4.69, 9.17) is 4.74 Å². The minimum absolute atomic E-state index is 0.136. The zero-order valence-electron chi connectivity index (χ0n) is 18.1. The summed E-state index contributed by atoms with van der Waals surface area (Å²) in [5.74, 6) is 0.274. The maximum Gasteiger partial charge on any atom is 0.255 e. The number of anilines is 2. The number of amides is 2. The van der Waals surface area contributed by atoms with Crippen molar-refractivity contribution in [3.63, 3.8) is 0 Å². The summed E-state index contributed by atoms with van der Waals surface area (Å²) in [5.41, 5.74) is 3.23. The summed E-state index contributed by atoms with van der Waals surface area (Å²) in [6, 6.07) is 21.6. The average Bonchev–Trinajstić information content (AvgIpc) is 3.27. The number of nitrogens with one attached hydrogen (secondary N) is 2. The molecular formula is C24H22N6O3. The highest BCUT2D eigenvalue weighted by atomic mass is 16.5. The molecule has 166 valence electrons. The van der Waals surface area contributed by atoms with Crippen molar-refractivity contribution in [3.8, 4) is 17.1 Å². The number of hydrogen-bond donors (Lipinski definition) is 2. The lowest BCUT2D eigenvalue weighted by atomic mass is 10.1. The number of carbonyl (C=O) groups excluding carboxylic acids is 2. The molecule has 0 bridgehead atoms. The number of benzene rings is 3. The van der Waals surface area contributed by atoms with Crippen LogP contribution in [0.5, 0.6) is 5.75 Å². The normalized spacial score (nSPS) is 10.5. The van der Waals surface area contributed by atoms with Crippen LogP contribution < -0.4 is 15.4 Å². The molecular weight excluding hydrogens is 420 g/mol. The van der Waals surface area contributed by atoms with Gasteiger partial charge in [-0.1, -0.05) is 42.0 Å². The highest BCUT2D eigenvalue weighted by Crippen LogP contribution is 2.25. The van der Waals surface area contributed by atoms with Crippen molar-refractivity contribution < 1.29 is 14.3 Å². The third-order valence-corrected chi connectivity index (χ3v) is 4.82. The Morgan fingerprint density at radius 2 is 1.70 bits per heavy atom. The molecule has 2 amide bonds. The Labute approximate surface area is 190 Å². The van der Waals surface area contributed by atoms with Gasteiger partial charge in [-0.05, 0) is 48.5 Å². The zero-order valence-corrected chi connectivity index (χ0v) is 18.1. The second kappa shape index (κ2) is 9.73. The van der Waals surface area contributed by atoms with Gasteiger partial charge in [-0.15, -0.1) is 10.2 Å². The number of hydrogen-bond acceptors (Lipinski definition) is 6. The lowest BCUT2D eigenvalue weighted by Crippen LogP contribution is -2.20. The second-order valence-electron chi connectivity index (χ2n) is 7.26. The molecule has 1 heterocycles. The number of carbonyl (C=O) groups is 2. The lowest BCUT2D eigenvalue weighted by molar-refractivity contribution is -0.117. The van der Waals surface area contributed by atoms with E-state index in [9.17, 15) is 9.59 Å². The number of methoxy groups -OCH3 is 1. The van der Waals surface area contributed by atoms with E-state index in [1.807, 2.05) is 37.3 Å². The standard InChI is InChI=1S/C24H22N6O3/c1-16-8-7-9-17(14-16)24(32)26-19-11-4-3-10-18(19)23-27-29-30(28-23)15-22(31)25-20-12-5-6-13-21(20)33-2/h3-14H,15H2,1-2H3,(H,25,31)(H,26,32). The van der Waals surface area contributed by atoms with Gasteiger partial charge in [0.1, 0.15) is 12.3 Å². The highest BCUT2D eigenvalue weighted by molar-refractivity contribution is 6.06. The van der Waals surface area contributed by atoms with E-state index in [0.29, 0.717) is 34.1 Å². The zero-order chi connectivity index (χ0) is 23.2. The summed E-state index contributed by atoms with van der Waals surface area (Å²) in [5, 5.41) is 18.0. The van der Waals surface area contributed by atoms with Gasteiger partial charge in [-0.25, -0.2) is 0 Å². The minimum atomic E-state index is -0.329. The fourth-order valence-electron chi connectivity index (χ4n) is 3.25. The van der Waals surface area contributed by atoms with Gasteiger partial charge in [0.15, 0.2) is 0 Å². The molecule has 1 aromatic heterocycles. The van der Waals surface area contributed by atoms with Crippen LogP contribution >= 0.6 is 0 Å². The van der Waals surface area contributed by atoms with Crippen LogP contribution in [-0.2, 0) is 11.3 Å². The Morgan fingerprint density at radius 3 is 2.48 bits per heavy atom. The van der Waals surface area contributed by atoms with E-state index in [1.54, 1.807) is 42.5 Å².